The molecule has 1 aliphatic carbocycles. The van der Waals surface area contributed by atoms with Crippen molar-refractivity contribution >= 4 is 25.5 Å². The van der Waals surface area contributed by atoms with Crippen molar-refractivity contribution in [3.63, 3.8) is 0 Å². The molecule has 378 valence electrons. The molecule has 17 heteroatoms. The van der Waals surface area contributed by atoms with Gasteiger partial charge >= 0.3 is 19.8 Å². The fraction of sp³-hybridized carbons (Fsp3) is 0.735. The van der Waals surface area contributed by atoms with E-state index in [2.05, 4.69) is 55.5 Å². The second-order valence-electron chi connectivity index (χ2n) is 17.4. The Kier molecular flexibility index (Phi) is 30.9. The number of aliphatic hydroxyl groups excluding tert-OH is 7. The summed E-state index contributed by atoms with van der Waals surface area (Å²) in [6, 6.07) is 0. The summed E-state index contributed by atoms with van der Waals surface area (Å²) in [6.07, 6.45) is 13.2. The number of ether oxygens (including phenoxy) is 2. The van der Waals surface area contributed by atoms with Gasteiger partial charge in [0.25, 0.3) is 0 Å². The molecular formula is C49H81O16P. The Morgan fingerprint density at radius 1 is 0.758 bits per heavy atom. The highest BCUT2D eigenvalue weighted by Gasteiger charge is 2.49. The topological polar surface area (TPSA) is 267 Å². The molecule has 12 atom stereocenters. The van der Waals surface area contributed by atoms with E-state index in [4.69, 9.17) is 18.5 Å². The lowest BCUT2D eigenvalue weighted by Crippen LogP contribution is -2.55. The number of hydrogen-bond donors (Lipinski definition) is 8. The van der Waals surface area contributed by atoms with Crippen molar-refractivity contribution in [1.29, 1.82) is 0 Å². The van der Waals surface area contributed by atoms with Gasteiger partial charge in [-0.25, -0.2) is 4.57 Å². The molecule has 1 saturated heterocycles. The Morgan fingerprint density at radius 2 is 1.39 bits per heavy atom. The largest absolute Gasteiger partial charge is 0.472 e. The molecule has 16 nitrogen and oxygen atoms in total. The first kappa shape index (κ1) is 59.3. The Balaban J connectivity index is 2.17. The Morgan fingerprint density at radius 3 is 2.08 bits per heavy atom. The summed E-state index contributed by atoms with van der Waals surface area (Å²) in [4.78, 5) is 50.1. The lowest BCUT2D eigenvalue weighted by molar-refractivity contribution is -0.166. The number of unbranched alkanes of at least 4 members (excludes halogenated alkanes) is 6. The van der Waals surface area contributed by atoms with Crippen molar-refractivity contribution in [2.24, 2.45) is 11.8 Å². The monoisotopic (exact) mass is 957 g/mol. The zero-order valence-corrected chi connectivity index (χ0v) is 40.1. The van der Waals surface area contributed by atoms with E-state index >= 15 is 0 Å². The quantitative estimate of drug-likeness (QED) is 0.0271. The van der Waals surface area contributed by atoms with Crippen molar-refractivity contribution in [2.45, 2.75) is 204 Å². The van der Waals surface area contributed by atoms with Crippen LogP contribution in [0.15, 0.2) is 60.8 Å². The number of carbonyl (C=O) groups is 3. The van der Waals surface area contributed by atoms with E-state index in [0.717, 1.165) is 64.2 Å². The second-order valence-corrected chi connectivity index (χ2v) is 18.8. The minimum absolute atomic E-state index is 0.000987. The van der Waals surface area contributed by atoms with Crippen molar-refractivity contribution in [2.75, 3.05) is 13.2 Å². The highest BCUT2D eigenvalue weighted by molar-refractivity contribution is 7.47. The Bertz CT molecular complexity index is 1560. The highest BCUT2D eigenvalue weighted by Crippen LogP contribution is 2.47. The average Bonchev–Trinajstić information content (AvgIpc) is 3.28. The van der Waals surface area contributed by atoms with Gasteiger partial charge < -0.3 is 50.1 Å². The summed E-state index contributed by atoms with van der Waals surface area (Å²) in [5, 5.41) is 78.7. The maximum absolute atomic E-state index is 13.6. The first-order chi connectivity index (χ1) is 31.6. The molecule has 2 fully saturated rings. The maximum Gasteiger partial charge on any atom is 0.472 e. The molecule has 0 aromatic rings. The van der Waals surface area contributed by atoms with E-state index in [1.165, 1.54) is 12.2 Å². The number of allylic oxidation sites excluding steroid dienone is 8. The molecule has 0 radical (unpaired) electrons. The normalized spacial score (nSPS) is 31.4. The van der Waals surface area contributed by atoms with E-state index in [0.29, 0.717) is 44.9 Å². The van der Waals surface area contributed by atoms with Gasteiger partial charge in [-0.2, -0.15) is 0 Å². The van der Waals surface area contributed by atoms with Gasteiger partial charge in [0, 0.05) is 31.1 Å². The van der Waals surface area contributed by atoms with E-state index in [-0.39, 0.29) is 19.3 Å². The van der Waals surface area contributed by atoms with Gasteiger partial charge in [0.05, 0.1) is 31.0 Å². The third-order valence-corrected chi connectivity index (χ3v) is 12.7. The minimum atomic E-state index is -5.46. The zero-order valence-electron chi connectivity index (χ0n) is 39.2. The average molecular weight is 957 g/mol. The number of fused-ring (bicyclic) bond motifs is 4. The first-order valence-corrected chi connectivity index (χ1v) is 25.7. The molecule has 0 aromatic heterocycles. The van der Waals surface area contributed by atoms with Crippen molar-refractivity contribution in [1.82, 2.24) is 0 Å². The maximum atomic E-state index is 13.6. The van der Waals surface area contributed by atoms with Gasteiger partial charge in [-0.15, -0.1) is 0 Å². The fourth-order valence-electron chi connectivity index (χ4n) is 7.78. The van der Waals surface area contributed by atoms with Gasteiger partial charge in [0.2, 0.25) is 0 Å². The predicted molar refractivity (Wildman–Crippen MR) is 250 cm³/mol. The number of hydrogen-bond acceptors (Lipinski definition) is 15. The SMILES string of the molecule is CC/C=C\C/C=C\C/C=C\C/C=C\CCCCCCC(=O)O[C@@H]1COC(=O)CCCCCC[C@H]2C(=O)C[C@@H](O)[C@H](C=C[C@@H](O)CCCCC)[C@@H](O)[C@@H](O)[C@@H](OP(=O)(O)OC1)[C@H](O)[C@@H](O)[C@@H]2O. The van der Waals surface area contributed by atoms with Crippen molar-refractivity contribution < 1.29 is 78.1 Å². The van der Waals surface area contributed by atoms with Crippen LogP contribution in [0.2, 0.25) is 0 Å². The van der Waals surface area contributed by atoms with Gasteiger partial charge in [-0.3, -0.25) is 23.4 Å². The van der Waals surface area contributed by atoms with E-state index in [1.54, 1.807) is 0 Å². The Labute approximate surface area is 392 Å². The summed E-state index contributed by atoms with van der Waals surface area (Å²) >= 11 is 0. The van der Waals surface area contributed by atoms with Crippen molar-refractivity contribution in [3.8, 4) is 0 Å². The Hall–Kier alpha value is -2.86. The van der Waals surface area contributed by atoms with Crippen LogP contribution in [0.1, 0.15) is 149 Å². The van der Waals surface area contributed by atoms with E-state index in [1.807, 2.05) is 6.92 Å². The lowest BCUT2D eigenvalue weighted by Gasteiger charge is -2.36. The van der Waals surface area contributed by atoms with Crippen LogP contribution in [0, 0.1) is 11.8 Å². The molecule has 1 unspecified atom stereocenters. The third kappa shape index (κ3) is 24.4. The number of esters is 2. The highest BCUT2D eigenvalue weighted by atomic mass is 31.2. The molecular weight excluding hydrogens is 875 g/mol. The molecule has 0 amide bonds. The van der Waals surface area contributed by atoms with Crippen LogP contribution in [-0.2, 0) is 37.5 Å². The molecule has 66 heavy (non-hydrogen) atoms. The molecule has 2 rings (SSSR count). The number of ketones is 1. The first-order valence-electron chi connectivity index (χ1n) is 24.2. The summed E-state index contributed by atoms with van der Waals surface area (Å²) < 4.78 is 34.7. The molecule has 2 bridgehead atoms. The number of cyclic esters (lactones) is 1. The zero-order chi connectivity index (χ0) is 48.7. The molecule has 2 aliphatic rings. The van der Waals surface area contributed by atoms with Gasteiger partial charge in [0.1, 0.15) is 36.8 Å². The molecule has 1 saturated carbocycles. The van der Waals surface area contributed by atoms with Gasteiger partial charge in [0.15, 0.2) is 6.10 Å². The third-order valence-electron chi connectivity index (χ3n) is 11.7. The smallest absolute Gasteiger partial charge is 0.462 e. The summed E-state index contributed by atoms with van der Waals surface area (Å²) in [5.41, 5.74) is 0. The van der Waals surface area contributed by atoms with Crippen LogP contribution >= 0.6 is 7.82 Å². The van der Waals surface area contributed by atoms with Crippen LogP contribution in [0.4, 0.5) is 0 Å². The number of aliphatic hydroxyl groups is 7. The van der Waals surface area contributed by atoms with Gasteiger partial charge in [-0.1, -0.05) is 126 Å². The summed E-state index contributed by atoms with van der Waals surface area (Å²) in [6.45, 7) is 2.68. The van der Waals surface area contributed by atoms with Crippen LogP contribution in [0.3, 0.4) is 0 Å². The van der Waals surface area contributed by atoms with Crippen LogP contribution < -0.4 is 0 Å². The van der Waals surface area contributed by atoms with Gasteiger partial charge in [-0.05, 0) is 64.2 Å². The molecule has 8 N–H and O–H groups in total. The molecule has 0 spiro atoms. The minimum Gasteiger partial charge on any atom is -0.462 e. The van der Waals surface area contributed by atoms with Crippen molar-refractivity contribution in [3.05, 3.63) is 60.8 Å². The summed E-state index contributed by atoms with van der Waals surface area (Å²) in [5.74, 6) is -4.94. The number of rotatable bonds is 21. The van der Waals surface area contributed by atoms with Crippen LogP contribution in [-0.4, -0.2) is 127 Å². The fourth-order valence-corrected chi connectivity index (χ4v) is 8.75. The summed E-state index contributed by atoms with van der Waals surface area (Å²) in [7, 11) is -5.46. The van der Waals surface area contributed by atoms with Crippen LogP contribution in [0.25, 0.3) is 0 Å². The second kappa shape index (κ2) is 34.4. The number of carbonyl (C=O) groups excluding carboxylic acids is 3. The molecule has 1 aliphatic heterocycles. The predicted octanol–water partition coefficient (Wildman–Crippen LogP) is 6.31. The lowest BCUT2D eigenvalue weighted by atomic mass is 9.83. The molecule has 0 aromatic carbocycles. The number of phosphoric acid groups is 1. The molecule has 1 heterocycles. The standard InChI is InChI=1S/C49H81O16P/c1-3-5-7-8-9-10-11-12-13-14-15-16-17-18-19-20-26-30-43(54)64-37-34-62-42(53)29-25-22-21-24-28-38-40(51)33-41(52)39(32-31-36(50)27-23-6-4-2)45(56)47(58)49(48(59)46(57)44(38)55)65-66(60,61)63-35-37/h5,7,9-10,12-13,15-16,31-32,36-39,41,44-50,52,55-59H,3-4,6,8,11,14,17-30,33-35H2,1-2H3,(H,60,61)/b7-5-,10-9-,13-12-,16-15-,32-31?/t36-,37+,38-,39-,41+,44+,45+,46-,47+,48+,49+/m0/s1. The van der Waals surface area contributed by atoms with E-state index < -0.39 is 112 Å². The van der Waals surface area contributed by atoms with Crippen LogP contribution in [0.5, 0.6) is 0 Å². The van der Waals surface area contributed by atoms with E-state index in [9.17, 15) is 59.6 Å². The number of Topliss-reactive ketones (excluding diaryl/α,β-unsaturated/α-hetero) is 1. The number of phosphoric ester groups is 1.